The summed E-state index contributed by atoms with van der Waals surface area (Å²) in [5, 5.41) is 0. The Bertz CT molecular complexity index is 640. The van der Waals surface area contributed by atoms with Gasteiger partial charge in [0, 0.05) is 7.11 Å². The van der Waals surface area contributed by atoms with Crippen LogP contribution in [0.2, 0.25) is 0 Å². The van der Waals surface area contributed by atoms with Crippen molar-refractivity contribution in [3.05, 3.63) is 72.3 Å². The largest absolute Gasteiger partial charge is 0.457 e. The third-order valence-electron chi connectivity index (χ3n) is 4.38. The van der Waals surface area contributed by atoms with Gasteiger partial charge in [-0.15, -0.1) is 0 Å². The zero-order valence-corrected chi connectivity index (χ0v) is 13.2. The van der Waals surface area contributed by atoms with Crippen molar-refractivity contribution in [3.63, 3.8) is 0 Å². The maximum absolute atomic E-state index is 5.93. The first-order valence-corrected chi connectivity index (χ1v) is 7.77. The van der Waals surface area contributed by atoms with Gasteiger partial charge in [-0.2, -0.15) is 0 Å². The van der Waals surface area contributed by atoms with E-state index in [1.807, 2.05) is 42.5 Å². The molecular weight excluding hydrogens is 272 g/mol. The van der Waals surface area contributed by atoms with Gasteiger partial charge < -0.3 is 9.47 Å². The van der Waals surface area contributed by atoms with Crippen molar-refractivity contribution in [1.82, 2.24) is 0 Å². The van der Waals surface area contributed by atoms with Crippen LogP contribution in [-0.2, 0) is 10.3 Å². The summed E-state index contributed by atoms with van der Waals surface area (Å²) in [6.07, 6.45) is 6.45. The first-order valence-electron chi connectivity index (χ1n) is 7.77. The molecule has 3 rings (SSSR count). The standard InChI is InChI=1S/C20H22O2/c1-3-8-16-14-20(15-16,21-2)17-9-7-12-19(13-17)22-18-10-5-4-6-11-18/h3-13,16H,14-15H2,1-2H3/b8-3+. The second kappa shape index (κ2) is 6.37. The van der Waals surface area contributed by atoms with Gasteiger partial charge >= 0.3 is 0 Å². The molecule has 1 fully saturated rings. The van der Waals surface area contributed by atoms with Gasteiger partial charge in [0.25, 0.3) is 0 Å². The molecule has 0 aliphatic heterocycles. The Morgan fingerprint density at radius 2 is 1.73 bits per heavy atom. The van der Waals surface area contributed by atoms with Crippen LogP contribution >= 0.6 is 0 Å². The molecule has 0 unspecified atom stereocenters. The van der Waals surface area contributed by atoms with Crippen LogP contribution in [0.15, 0.2) is 66.7 Å². The molecule has 2 aromatic carbocycles. The highest BCUT2D eigenvalue weighted by Gasteiger charge is 2.44. The lowest BCUT2D eigenvalue weighted by atomic mass is 9.67. The van der Waals surface area contributed by atoms with Crippen LogP contribution in [0.4, 0.5) is 0 Å². The first kappa shape index (κ1) is 14.9. The molecular formula is C20H22O2. The number of hydrogen-bond acceptors (Lipinski definition) is 2. The zero-order chi connectivity index (χ0) is 15.4. The quantitative estimate of drug-likeness (QED) is 0.696. The van der Waals surface area contributed by atoms with E-state index in [1.165, 1.54) is 5.56 Å². The predicted molar refractivity (Wildman–Crippen MR) is 89.2 cm³/mol. The molecule has 0 aromatic heterocycles. The summed E-state index contributed by atoms with van der Waals surface area (Å²) in [4.78, 5) is 0. The topological polar surface area (TPSA) is 18.5 Å². The fraction of sp³-hybridized carbons (Fsp3) is 0.300. The van der Waals surface area contributed by atoms with E-state index in [0.717, 1.165) is 24.3 Å². The molecule has 0 bridgehead atoms. The number of benzene rings is 2. The van der Waals surface area contributed by atoms with Crippen molar-refractivity contribution >= 4 is 0 Å². The number of hydrogen-bond donors (Lipinski definition) is 0. The molecule has 2 aromatic rings. The minimum Gasteiger partial charge on any atom is -0.457 e. The van der Waals surface area contributed by atoms with Gasteiger partial charge in [0.2, 0.25) is 0 Å². The Balaban J connectivity index is 1.79. The van der Waals surface area contributed by atoms with Crippen LogP contribution in [0.1, 0.15) is 25.3 Å². The van der Waals surface area contributed by atoms with Crippen molar-refractivity contribution in [2.24, 2.45) is 5.92 Å². The van der Waals surface area contributed by atoms with Crippen molar-refractivity contribution in [2.75, 3.05) is 7.11 Å². The molecule has 2 nitrogen and oxygen atoms in total. The highest BCUT2D eigenvalue weighted by molar-refractivity contribution is 5.37. The fourth-order valence-corrected chi connectivity index (χ4v) is 3.18. The molecule has 0 heterocycles. The monoisotopic (exact) mass is 294 g/mol. The van der Waals surface area contributed by atoms with E-state index in [4.69, 9.17) is 9.47 Å². The number of para-hydroxylation sites is 1. The summed E-state index contributed by atoms with van der Waals surface area (Å²) in [7, 11) is 1.80. The summed E-state index contributed by atoms with van der Waals surface area (Å²) >= 11 is 0. The van der Waals surface area contributed by atoms with Crippen LogP contribution in [0.25, 0.3) is 0 Å². The molecule has 2 heteroatoms. The Labute approximate surface area is 132 Å². The van der Waals surface area contributed by atoms with Gasteiger partial charge in [0.05, 0.1) is 5.60 Å². The highest BCUT2D eigenvalue weighted by atomic mass is 16.5. The molecule has 1 aliphatic carbocycles. The first-order chi connectivity index (χ1) is 10.8. The second-order valence-electron chi connectivity index (χ2n) is 5.84. The van der Waals surface area contributed by atoms with E-state index >= 15 is 0 Å². The van der Waals surface area contributed by atoms with Crippen LogP contribution in [0.5, 0.6) is 11.5 Å². The van der Waals surface area contributed by atoms with Crippen LogP contribution in [-0.4, -0.2) is 7.11 Å². The lowest BCUT2D eigenvalue weighted by Crippen LogP contribution is -2.42. The average molecular weight is 294 g/mol. The third-order valence-corrected chi connectivity index (χ3v) is 4.38. The van der Waals surface area contributed by atoms with Gasteiger partial charge in [-0.05, 0) is 55.5 Å². The molecule has 0 atom stereocenters. The minimum absolute atomic E-state index is 0.166. The summed E-state index contributed by atoms with van der Waals surface area (Å²) in [5.41, 5.74) is 1.03. The number of ether oxygens (including phenoxy) is 2. The lowest BCUT2D eigenvalue weighted by Gasteiger charge is -2.46. The highest BCUT2D eigenvalue weighted by Crippen LogP contribution is 2.49. The van der Waals surface area contributed by atoms with E-state index in [0.29, 0.717) is 5.92 Å². The molecule has 0 N–H and O–H groups in total. The molecule has 0 radical (unpaired) electrons. The molecule has 0 spiro atoms. The van der Waals surface area contributed by atoms with Gasteiger partial charge in [0.15, 0.2) is 0 Å². The van der Waals surface area contributed by atoms with Crippen LogP contribution < -0.4 is 4.74 Å². The van der Waals surface area contributed by atoms with Crippen LogP contribution in [0.3, 0.4) is 0 Å². The molecule has 114 valence electrons. The molecule has 1 aliphatic rings. The Morgan fingerprint density at radius 1 is 1.00 bits per heavy atom. The summed E-state index contributed by atoms with van der Waals surface area (Å²) < 4.78 is 11.8. The van der Waals surface area contributed by atoms with Gasteiger partial charge in [-0.3, -0.25) is 0 Å². The Hall–Kier alpha value is -2.06. The third kappa shape index (κ3) is 2.93. The average Bonchev–Trinajstić information content (AvgIpc) is 2.52. The lowest BCUT2D eigenvalue weighted by molar-refractivity contribution is -0.0998. The maximum atomic E-state index is 5.93. The number of methoxy groups -OCH3 is 1. The van der Waals surface area contributed by atoms with Crippen molar-refractivity contribution in [2.45, 2.75) is 25.4 Å². The predicted octanol–water partition coefficient (Wildman–Crippen LogP) is 5.31. The van der Waals surface area contributed by atoms with E-state index in [-0.39, 0.29) is 5.60 Å². The summed E-state index contributed by atoms with van der Waals surface area (Å²) in [6, 6.07) is 18.1. The summed E-state index contributed by atoms with van der Waals surface area (Å²) in [5.74, 6) is 2.32. The number of rotatable bonds is 5. The zero-order valence-electron chi connectivity index (χ0n) is 13.2. The van der Waals surface area contributed by atoms with Crippen molar-refractivity contribution in [1.29, 1.82) is 0 Å². The van der Waals surface area contributed by atoms with Gasteiger partial charge in [-0.1, -0.05) is 42.5 Å². The number of allylic oxidation sites excluding steroid dienone is 2. The Kier molecular flexibility index (Phi) is 4.30. The molecule has 0 saturated heterocycles. The minimum atomic E-state index is -0.166. The van der Waals surface area contributed by atoms with E-state index < -0.39 is 0 Å². The van der Waals surface area contributed by atoms with E-state index in [1.54, 1.807) is 7.11 Å². The molecule has 1 saturated carbocycles. The SMILES string of the molecule is C/C=C/C1CC(OC)(c2cccc(Oc3ccccc3)c2)C1. The van der Waals surface area contributed by atoms with E-state index in [2.05, 4.69) is 31.2 Å². The van der Waals surface area contributed by atoms with E-state index in [9.17, 15) is 0 Å². The van der Waals surface area contributed by atoms with Crippen molar-refractivity contribution in [3.8, 4) is 11.5 Å². The second-order valence-corrected chi connectivity index (χ2v) is 5.84. The maximum Gasteiger partial charge on any atom is 0.127 e. The van der Waals surface area contributed by atoms with Crippen LogP contribution in [0, 0.1) is 5.92 Å². The normalized spacial score (nSPS) is 24.2. The smallest absolute Gasteiger partial charge is 0.127 e. The summed E-state index contributed by atoms with van der Waals surface area (Å²) in [6.45, 7) is 2.07. The van der Waals surface area contributed by atoms with Crippen molar-refractivity contribution < 1.29 is 9.47 Å². The van der Waals surface area contributed by atoms with Gasteiger partial charge in [0.1, 0.15) is 11.5 Å². The van der Waals surface area contributed by atoms with Gasteiger partial charge in [-0.25, -0.2) is 0 Å². The Morgan fingerprint density at radius 3 is 2.41 bits per heavy atom. The molecule has 22 heavy (non-hydrogen) atoms. The molecule has 0 amide bonds. The fourth-order valence-electron chi connectivity index (χ4n) is 3.18.